The van der Waals surface area contributed by atoms with E-state index in [2.05, 4.69) is 272 Å². The summed E-state index contributed by atoms with van der Waals surface area (Å²) in [7, 11) is 0. The molecule has 9 aromatic rings. The number of allylic oxidation sites excluding steroid dienone is 9. The van der Waals surface area contributed by atoms with Gasteiger partial charge in [0.05, 0.1) is 11.2 Å². The van der Waals surface area contributed by atoms with Crippen molar-refractivity contribution in [1.29, 1.82) is 0 Å². The van der Waals surface area contributed by atoms with Gasteiger partial charge in [0.15, 0.2) is 0 Å². The van der Waals surface area contributed by atoms with Crippen molar-refractivity contribution in [2.45, 2.75) is 33.1 Å². The van der Waals surface area contributed by atoms with Gasteiger partial charge in [0.1, 0.15) is 0 Å². The molecular formula is C66H54N2. The number of fused-ring (bicyclic) bond motifs is 3. The molecule has 2 nitrogen and oxygen atoms in total. The molecule has 0 saturated heterocycles. The van der Waals surface area contributed by atoms with Gasteiger partial charge < -0.3 is 9.47 Å². The van der Waals surface area contributed by atoms with Crippen LogP contribution in [0, 0.1) is 5.92 Å². The third-order valence-electron chi connectivity index (χ3n) is 13.8. The summed E-state index contributed by atoms with van der Waals surface area (Å²) in [5.41, 5.74) is 22.2. The van der Waals surface area contributed by atoms with Crippen LogP contribution in [0.4, 0.5) is 17.1 Å². The SMILES string of the molecule is C/C=C\C1Cc2c(n(-c3ccccc3)c3cccc(-c4cccc(N(c5ccc(C6=CC=C(c7ccccc7)C=CC6)cc5)c5ccc(-c6ccc(-c7ccccc7)cc6)cc5)c4)c23)C=C1CC. The second-order valence-corrected chi connectivity index (χ2v) is 17.9. The molecule has 0 spiro atoms. The molecular weight excluding hydrogens is 821 g/mol. The molecule has 0 radical (unpaired) electrons. The highest BCUT2D eigenvalue weighted by Crippen LogP contribution is 2.45. The van der Waals surface area contributed by atoms with Crippen molar-refractivity contribution in [2.24, 2.45) is 5.92 Å². The van der Waals surface area contributed by atoms with Crippen LogP contribution >= 0.6 is 0 Å². The molecule has 1 unspecified atom stereocenters. The first-order valence-electron chi connectivity index (χ1n) is 24.1. The number of aromatic nitrogens is 1. The number of nitrogens with zero attached hydrogens (tertiary/aromatic N) is 2. The van der Waals surface area contributed by atoms with E-state index in [9.17, 15) is 0 Å². The lowest BCUT2D eigenvalue weighted by atomic mass is 9.82. The Kier molecular flexibility index (Phi) is 11.8. The maximum atomic E-state index is 2.49. The molecule has 1 atom stereocenters. The van der Waals surface area contributed by atoms with E-state index >= 15 is 0 Å². The molecule has 0 amide bonds. The van der Waals surface area contributed by atoms with Crippen molar-refractivity contribution in [3.8, 4) is 39.1 Å². The molecule has 1 heterocycles. The monoisotopic (exact) mass is 874 g/mol. The van der Waals surface area contributed by atoms with Crippen LogP contribution < -0.4 is 4.90 Å². The normalized spacial score (nSPS) is 14.6. The summed E-state index contributed by atoms with van der Waals surface area (Å²) < 4.78 is 2.49. The molecule has 2 heteroatoms. The molecule has 0 fully saturated rings. The fourth-order valence-corrected chi connectivity index (χ4v) is 10.3. The van der Waals surface area contributed by atoms with Gasteiger partial charge in [-0.1, -0.05) is 201 Å². The Morgan fingerprint density at radius 3 is 1.76 bits per heavy atom. The molecule has 2 aliphatic rings. The Morgan fingerprint density at radius 2 is 1.12 bits per heavy atom. The number of benzene rings is 8. The predicted octanol–water partition coefficient (Wildman–Crippen LogP) is 18.1. The number of anilines is 3. The van der Waals surface area contributed by atoms with E-state index in [0.29, 0.717) is 5.92 Å². The van der Waals surface area contributed by atoms with E-state index in [1.54, 1.807) is 0 Å². The average molecular weight is 875 g/mol. The molecule has 8 aromatic carbocycles. The van der Waals surface area contributed by atoms with Gasteiger partial charge in [-0.05, 0) is 148 Å². The summed E-state index contributed by atoms with van der Waals surface area (Å²) in [4.78, 5) is 2.41. The van der Waals surface area contributed by atoms with Crippen molar-refractivity contribution in [3.05, 3.63) is 271 Å². The van der Waals surface area contributed by atoms with Crippen LogP contribution in [0.2, 0.25) is 0 Å². The van der Waals surface area contributed by atoms with Gasteiger partial charge in [0.25, 0.3) is 0 Å². The van der Waals surface area contributed by atoms with Gasteiger partial charge in [-0.3, -0.25) is 0 Å². The van der Waals surface area contributed by atoms with Crippen LogP contribution in [0.1, 0.15) is 49.1 Å². The lowest BCUT2D eigenvalue weighted by Crippen LogP contribution is -2.12. The van der Waals surface area contributed by atoms with Crippen molar-refractivity contribution >= 4 is 45.2 Å². The van der Waals surface area contributed by atoms with E-state index < -0.39 is 0 Å². The van der Waals surface area contributed by atoms with Gasteiger partial charge in [-0.25, -0.2) is 0 Å². The summed E-state index contributed by atoms with van der Waals surface area (Å²) in [6.07, 6.45) is 19.0. The van der Waals surface area contributed by atoms with E-state index in [1.165, 1.54) is 89.1 Å². The molecule has 0 bridgehead atoms. The maximum Gasteiger partial charge on any atom is 0.0543 e. The van der Waals surface area contributed by atoms with E-state index in [4.69, 9.17) is 0 Å². The van der Waals surface area contributed by atoms with Gasteiger partial charge >= 0.3 is 0 Å². The number of rotatable bonds is 11. The highest BCUT2D eigenvalue weighted by atomic mass is 15.1. The number of hydrogen-bond acceptors (Lipinski definition) is 1. The molecule has 2 aliphatic carbocycles. The summed E-state index contributed by atoms with van der Waals surface area (Å²) in [5, 5.41) is 1.33. The number of para-hydroxylation sites is 1. The minimum absolute atomic E-state index is 0.377. The van der Waals surface area contributed by atoms with Crippen LogP contribution in [0.5, 0.6) is 0 Å². The smallest absolute Gasteiger partial charge is 0.0543 e. The first kappa shape index (κ1) is 42.4. The zero-order chi connectivity index (χ0) is 45.8. The summed E-state index contributed by atoms with van der Waals surface area (Å²) in [5.74, 6) is 0.377. The van der Waals surface area contributed by atoms with Crippen molar-refractivity contribution in [3.63, 3.8) is 0 Å². The standard InChI is InChI=1S/C66H54N2/c1-3-17-56-45-63-65(46-47(56)4-2)68(58-25-12-7-13-26-58)64-29-16-28-62(66(63)64)57-24-15-27-61(44-57)67(60-42-38-55(39-43-60)53-34-32-52(33-35-53)49-20-10-6-11-21-49)59-40-36-54(37-41-59)51-23-14-22-50(30-31-51)48-18-8-5-9-19-48/h3,5-22,24-44,46,56H,4,23,45H2,1-2H3/b17-3-. The fourth-order valence-electron chi connectivity index (χ4n) is 10.3. The molecule has 1 aromatic heterocycles. The van der Waals surface area contributed by atoms with E-state index in [-0.39, 0.29) is 0 Å². The molecule has 0 saturated carbocycles. The summed E-state index contributed by atoms with van der Waals surface area (Å²) in [6, 6.07) is 75.2. The minimum Gasteiger partial charge on any atom is -0.310 e. The quantitative estimate of drug-likeness (QED) is 0.118. The van der Waals surface area contributed by atoms with Crippen LogP contribution in [0.3, 0.4) is 0 Å². The predicted molar refractivity (Wildman–Crippen MR) is 291 cm³/mol. The Bertz CT molecular complexity index is 3380. The van der Waals surface area contributed by atoms with Crippen LogP contribution in [-0.4, -0.2) is 4.57 Å². The molecule has 328 valence electrons. The Balaban J connectivity index is 1.01. The van der Waals surface area contributed by atoms with E-state index in [0.717, 1.165) is 36.3 Å². The topological polar surface area (TPSA) is 8.17 Å². The molecule has 11 rings (SSSR count). The third-order valence-corrected chi connectivity index (χ3v) is 13.8. The van der Waals surface area contributed by atoms with Gasteiger partial charge in [-0.2, -0.15) is 0 Å². The first-order valence-corrected chi connectivity index (χ1v) is 24.1. The lowest BCUT2D eigenvalue weighted by Gasteiger charge is -2.27. The van der Waals surface area contributed by atoms with Crippen molar-refractivity contribution in [2.75, 3.05) is 4.90 Å². The highest BCUT2D eigenvalue weighted by Gasteiger charge is 2.27. The lowest BCUT2D eigenvalue weighted by molar-refractivity contribution is 0.714. The van der Waals surface area contributed by atoms with Gasteiger partial charge in [-0.15, -0.1) is 0 Å². The second-order valence-electron chi connectivity index (χ2n) is 17.9. The average Bonchev–Trinajstić information content (AvgIpc) is 3.53. The molecule has 68 heavy (non-hydrogen) atoms. The Morgan fingerprint density at radius 1 is 0.544 bits per heavy atom. The fraction of sp³-hybridized carbons (Fsp3) is 0.0909. The van der Waals surface area contributed by atoms with Crippen LogP contribution in [-0.2, 0) is 6.42 Å². The van der Waals surface area contributed by atoms with Crippen molar-refractivity contribution in [1.82, 2.24) is 4.57 Å². The molecule has 0 aliphatic heterocycles. The minimum atomic E-state index is 0.377. The maximum absolute atomic E-state index is 2.49. The first-order chi connectivity index (χ1) is 33.6. The van der Waals surface area contributed by atoms with E-state index in [1.807, 2.05) is 0 Å². The van der Waals surface area contributed by atoms with Crippen LogP contribution in [0.25, 0.3) is 67.2 Å². The Labute approximate surface area is 401 Å². The summed E-state index contributed by atoms with van der Waals surface area (Å²) in [6.45, 7) is 4.44. The second kappa shape index (κ2) is 19.0. The van der Waals surface area contributed by atoms with Gasteiger partial charge in [0.2, 0.25) is 0 Å². The van der Waals surface area contributed by atoms with Crippen molar-refractivity contribution < 1.29 is 0 Å². The summed E-state index contributed by atoms with van der Waals surface area (Å²) >= 11 is 0. The molecule has 0 N–H and O–H groups in total. The zero-order valence-corrected chi connectivity index (χ0v) is 38.8. The van der Waals surface area contributed by atoms with Gasteiger partial charge in [0, 0.05) is 34.1 Å². The largest absolute Gasteiger partial charge is 0.310 e. The zero-order valence-electron chi connectivity index (χ0n) is 38.8. The number of hydrogen-bond donors (Lipinski definition) is 0. The Hall–Kier alpha value is -8.20. The third kappa shape index (κ3) is 8.31. The highest BCUT2D eigenvalue weighted by molar-refractivity contribution is 6.02. The van der Waals surface area contributed by atoms with Crippen LogP contribution in [0.15, 0.2) is 248 Å².